The maximum atomic E-state index is 14.0. The summed E-state index contributed by atoms with van der Waals surface area (Å²) in [5, 5.41) is 23.6. The number of aliphatic hydroxyl groups excluding tert-OH is 1. The zero-order chi connectivity index (χ0) is 36.8. The first-order valence-corrected chi connectivity index (χ1v) is 19.1. The van der Waals surface area contributed by atoms with E-state index in [-0.39, 0.29) is 30.9 Å². The maximum absolute atomic E-state index is 14.0. The van der Waals surface area contributed by atoms with Gasteiger partial charge in [0.25, 0.3) is 0 Å². The minimum atomic E-state index is -1.05. The van der Waals surface area contributed by atoms with Crippen LogP contribution < -0.4 is 16.0 Å². The molecular weight excluding hydrogens is 685 g/mol. The minimum Gasteiger partial charge on any atom is -0.444 e. The Bertz CT molecular complexity index is 1630. The largest absolute Gasteiger partial charge is 0.444 e. The van der Waals surface area contributed by atoms with Crippen molar-refractivity contribution in [3.63, 3.8) is 0 Å². The van der Waals surface area contributed by atoms with Crippen LogP contribution in [0.3, 0.4) is 0 Å². The molecule has 4 atom stereocenters. The molecule has 0 radical (unpaired) electrons. The van der Waals surface area contributed by atoms with Crippen molar-refractivity contribution in [2.24, 2.45) is 5.92 Å². The second-order valence-corrected chi connectivity index (χ2v) is 15.1. The van der Waals surface area contributed by atoms with E-state index in [9.17, 15) is 19.5 Å². The van der Waals surface area contributed by atoms with Crippen LogP contribution in [0.2, 0.25) is 0 Å². The molecule has 1 unspecified atom stereocenters. The van der Waals surface area contributed by atoms with Gasteiger partial charge in [-0.15, -0.1) is 22.7 Å². The van der Waals surface area contributed by atoms with Gasteiger partial charge < -0.3 is 30.7 Å². The van der Waals surface area contributed by atoms with Crippen LogP contribution in [0, 0.1) is 5.92 Å². The Balaban J connectivity index is 1.48. The Labute approximate surface area is 308 Å². The smallest absolute Gasteiger partial charge is 0.407 e. The van der Waals surface area contributed by atoms with Gasteiger partial charge in [-0.3, -0.25) is 9.78 Å². The first-order valence-electron chi connectivity index (χ1n) is 17.4. The number of ether oxygens (including phenoxy) is 1. The molecule has 0 bridgehead atoms. The van der Waals surface area contributed by atoms with Crippen LogP contribution in [0.25, 0.3) is 0 Å². The van der Waals surface area contributed by atoms with Gasteiger partial charge in [0.15, 0.2) is 0 Å². The monoisotopic (exact) mass is 734 g/mol. The number of rotatable bonds is 18. The standard InChI is InChI=1S/C38H50N6O5S2/c1-6-44(21-30-23-50-36(41-30)26(4)5)37(47)43-34(25(2)3)35(46)40-29(17-27-13-9-7-10-14-27)19-33(45)32(18-28-15-11-8-12-16-28)42-38(48)49-22-31-20-39-24-51-31/h7-16,20,23-26,29,32-34,45H,6,17-19,21-22H2,1-5H3,(H,40,46)(H,42,48)(H,43,47)/t29-,32-,33-,34?/m0/s1. The van der Waals surface area contributed by atoms with Crippen LogP contribution in [0.4, 0.5) is 9.59 Å². The van der Waals surface area contributed by atoms with Gasteiger partial charge in [-0.05, 0) is 43.2 Å². The third-order valence-corrected chi connectivity index (χ3v) is 10.4. The van der Waals surface area contributed by atoms with E-state index in [4.69, 9.17) is 4.74 Å². The van der Waals surface area contributed by atoms with Crippen molar-refractivity contribution in [1.82, 2.24) is 30.8 Å². The topological polar surface area (TPSA) is 146 Å². The van der Waals surface area contributed by atoms with Gasteiger partial charge in [-0.2, -0.15) is 0 Å². The number of hydrogen-bond donors (Lipinski definition) is 4. The summed E-state index contributed by atoms with van der Waals surface area (Å²) in [6.07, 6.45) is 0.841. The molecule has 0 aliphatic carbocycles. The quantitative estimate of drug-likeness (QED) is 0.0940. The lowest BCUT2D eigenvalue weighted by molar-refractivity contribution is -0.124. The lowest BCUT2D eigenvalue weighted by Crippen LogP contribution is -2.56. The number of thiazole rings is 2. The summed E-state index contributed by atoms with van der Waals surface area (Å²) in [7, 11) is 0. The molecule has 13 heteroatoms. The van der Waals surface area contributed by atoms with Crippen molar-refractivity contribution in [2.75, 3.05) is 6.54 Å². The van der Waals surface area contributed by atoms with Crippen molar-refractivity contribution in [3.05, 3.63) is 104 Å². The molecule has 2 aromatic carbocycles. The number of benzene rings is 2. The Morgan fingerprint density at radius 3 is 2.14 bits per heavy atom. The van der Waals surface area contributed by atoms with Gasteiger partial charge >= 0.3 is 12.1 Å². The van der Waals surface area contributed by atoms with Gasteiger partial charge in [-0.1, -0.05) is 88.4 Å². The van der Waals surface area contributed by atoms with Gasteiger partial charge in [0.05, 0.1) is 39.8 Å². The number of amides is 4. The van der Waals surface area contributed by atoms with Gasteiger partial charge in [0.1, 0.15) is 12.6 Å². The highest BCUT2D eigenvalue weighted by molar-refractivity contribution is 7.09. The summed E-state index contributed by atoms with van der Waals surface area (Å²) in [4.78, 5) is 51.5. The summed E-state index contributed by atoms with van der Waals surface area (Å²) < 4.78 is 5.43. The molecule has 11 nitrogen and oxygen atoms in total. The summed E-state index contributed by atoms with van der Waals surface area (Å²) >= 11 is 2.96. The molecule has 4 N–H and O–H groups in total. The number of nitrogens with one attached hydrogen (secondary N) is 3. The van der Waals surface area contributed by atoms with Crippen LogP contribution in [-0.4, -0.2) is 68.8 Å². The third-order valence-electron chi connectivity index (χ3n) is 8.41. The van der Waals surface area contributed by atoms with Crippen molar-refractivity contribution in [1.29, 1.82) is 0 Å². The van der Waals surface area contributed by atoms with Crippen molar-refractivity contribution >= 4 is 40.7 Å². The van der Waals surface area contributed by atoms with Gasteiger partial charge in [0.2, 0.25) is 5.91 Å². The summed E-state index contributed by atoms with van der Waals surface area (Å²) in [5.41, 5.74) is 4.38. The summed E-state index contributed by atoms with van der Waals surface area (Å²) in [6.45, 7) is 10.7. The third kappa shape index (κ3) is 12.7. The second-order valence-electron chi connectivity index (χ2n) is 13.2. The van der Waals surface area contributed by atoms with Gasteiger partial charge in [-0.25, -0.2) is 14.6 Å². The highest BCUT2D eigenvalue weighted by atomic mass is 32.1. The van der Waals surface area contributed by atoms with Crippen LogP contribution in [0.5, 0.6) is 0 Å². The number of aliphatic hydroxyl groups is 1. The van der Waals surface area contributed by atoms with E-state index >= 15 is 0 Å². The van der Waals surface area contributed by atoms with Crippen molar-refractivity contribution in [3.8, 4) is 0 Å². The lowest BCUT2D eigenvalue weighted by atomic mass is 9.93. The minimum absolute atomic E-state index is 0.0673. The fourth-order valence-electron chi connectivity index (χ4n) is 5.58. The Morgan fingerprint density at radius 2 is 1.57 bits per heavy atom. The molecule has 0 saturated heterocycles. The normalized spacial score (nSPS) is 13.6. The molecule has 0 fully saturated rings. The average Bonchev–Trinajstić information content (AvgIpc) is 3.82. The first kappa shape index (κ1) is 39.5. The van der Waals surface area contributed by atoms with E-state index in [0.29, 0.717) is 31.8 Å². The van der Waals surface area contributed by atoms with E-state index in [1.807, 2.05) is 86.8 Å². The second kappa shape index (κ2) is 19.9. The highest BCUT2D eigenvalue weighted by Crippen LogP contribution is 2.20. The van der Waals surface area contributed by atoms with E-state index in [2.05, 4.69) is 39.8 Å². The molecule has 51 heavy (non-hydrogen) atoms. The summed E-state index contributed by atoms with van der Waals surface area (Å²) in [5.74, 6) is -0.270. The molecule has 0 aliphatic heterocycles. The number of alkyl carbamates (subject to hydrolysis) is 1. The van der Waals surface area contributed by atoms with E-state index in [0.717, 1.165) is 26.7 Å². The lowest BCUT2D eigenvalue weighted by Gasteiger charge is -2.31. The van der Waals surface area contributed by atoms with E-state index in [1.54, 1.807) is 27.9 Å². The maximum Gasteiger partial charge on any atom is 0.407 e. The van der Waals surface area contributed by atoms with E-state index < -0.39 is 30.3 Å². The number of carbonyl (C=O) groups excluding carboxylic acids is 3. The predicted molar refractivity (Wildman–Crippen MR) is 202 cm³/mol. The molecule has 0 saturated carbocycles. The van der Waals surface area contributed by atoms with Crippen molar-refractivity contribution in [2.45, 2.75) is 97.2 Å². The molecule has 2 aromatic heterocycles. The molecule has 4 rings (SSSR count). The van der Waals surface area contributed by atoms with Crippen LogP contribution in [-0.2, 0) is 35.5 Å². The number of carbonyl (C=O) groups is 3. The van der Waals surface area contributed by atoms with Crippen LogP contribution in [0.1, 0.15) is 73.7 Å². The number of nitrogens with zero attached hydrogens (tertiary/aromatic N) is 3. The summed E-state index contributed by atoms with van der Waals surface area (Å²) in [6, 6.07) is 16.9. The van der Waals surface area contributed by atoms with Crippen molar-refractivity contribution < 1.29 is 24.2 Å². The first-order chi connectivity index (χ1) is 24.5. The molecule has 4 aromatic rings. The molecule has 274 valence electrons. The highest BCUT2D eigenvalue weighted by Gasteiger charge is 2.31. The molecule has 2 heterocycles. The Kier molecular flexibility index (Phi) is 15.4. The van der Waals surface area contributed by atoms with Gasteiger partial charge in [0, 0.05) is 30.1 Å². The fraction of sp³-hybridized carbons (Fsp3) is 0.447. The SMILES string of the molecule is CCN(Cc1csc(C(C)C)n1)C(=O)NC(C(=O)N[C@@H](Cc1ccccc1)C[C@H](O)[C@H](Cc1ccccc1)NC(=O)OCc1cncs1)C(C)C. The molecule has 4 amide bonds. The predicted octanol–water partition coefficient (Wildman–Crippen LogP) is 6.30. The zero-order valence-corrected chi connectivity index (χ0v) is 31.6. The zero-order valence-electron chi connectivity index (χ0n) is 30.0. The average molecular weight is 735 g/mol. The number of urea groups is 1. The molecule has 0 aliphatic rings. The molecule has 0 spiro atoms. The van der Waals surface area contributed by atoms with E-state index in [1.165, 1.54) is 11.3 Å². The number of hydrogen-bond acceptors (Lipinski definition) is 9. The molecular formula is C38H50N6O5S2. The fourth-order valence-corrected chi connectivity index (χ4v) is 6.91. The van der Waals surface area contributed by atoms with Crippen LogP contribution in [0.15, 0.2) is 77.8 Å². The number of aromatic nitrogens is 2. The Morgan fingerprint density at radius 1 is 0.902 bits per heavy atom. The Hall–Kier alpha value is -4.33. The van der Waals surface area contributed by atoms with Crippen LogP contribution >= 0.6 is 22.7 Å².